The van der Waals surface area contributed by atoms with E-state index < -0.39 is 24.5 Å². The third-order valence-electron chi connectivity index (χ3n) is 4.88. The molecular formula is C21H23F4N3O2. The van der Waals surface area contributed by atoms with Crippen molar-refractivity contribution in [2.24, 2.45) is 0 Å². The molecule has 0 unspecified atom stereocenters. The van der Waals surface area contributed by atoms with Crippen molar-refractivity contribution in [3.8, 4) is 5.75 Å². The van der Waals surface area contributed by atoms with Crippen LogP contribution < -0.4 is 10.1 Å². The standard InChI is InChI=1S/C21H23F4N3O2/c22-8-9-27-10-12-28(13-11-27)15-16-6-7-17(14-19(16)21(23,24)25)26-20(29)30-18-4-2-1-3-5-18/h1-7,14H,8-13,15H2,(H,26,29). The van der Waals surface area contributed by atoms with Crippen molar-refractivity contribution in [3.05, 3.63) is 59.7 Å². The number of ether oxygens (including phenoxy) is 1. The van der Waals surface area contributed by atoms with Crippen LogP contribution in [-0.2, 0) is 12.7 Å². The number of carbonyl (C=O) groups excluding carboxylic acids is 1. The lowest BCUT2D eigenvalue weighted by Gasteiger charge is -2.34. The number of amides is 1. The predicted molar refractivity (Wildman–Crippen MR) is 105 cm³/mol. The van der Waals surface area contributed by atoms with Crippen molar-refractivity contribution in [1.82, 2.24) is 9.80 Å². The number of carbonyl (C=O) groups is 1. The molecule has 0 radical (unpaired) electrons. The number of para-hydroxylation sites is 1. The zero-order valence-electron chi connectivity index (χ0n) is 16.3. The molecule has 3 rings (SSSR count). The van der Waals surface area contributed by atoms with Crippen LogP contribution in [0, 0.1) is 0 Å². The van der Waals surface area contributed by atoms with Gasteiger partial charge < -0.3 is 4.74 Å². The van der Waals surface area contributed by atoms with Crippen LogP contribution in [0.15, 0.2) is 48.5 Å². The minimum absolute atomic E-state index is 0.000212. The van der Waals surface area contributed by atoms with Crippen LogP contribution in [0.4, 0.5) is 28.0 Å². The highest BCUT2D eigenvalue weighted by Crippen LogP contribution is 2.34. The summed E-state index contributed by atoms with van der Waals surface area (Å²) in [6, 6.07) is 12.0. The van der Waals surface area contributed by atoms with Crippen molar-refractivity contribution in [2.45, 2.75) is 12.7 Å². The maximum absolute atomic E-state index is 13.6. The highest BCUT2D eigenvalue weighted by Gasteiger charge is 2.34. The van der Waals surface area contributed by atoms with E-state index in [0.29, 0.717) is 32.7 Å². The molecule has 1 aliphatic heterocycles. The predicted octanol–water partition coefficient (Wildman–Crippen LogP) is 4.40. The van der Waals surface area contributed by atoms with Crippen molar-refractivity contribution >= 4 is 11.8 Å². The van der Waals surface area contributed by atoms with Gasteiger partial charge in [-0.3, -0.25) is 15.1 Å². The molecule has 0 aromatic heterocycles. The molecule has 1 aliphatic rings. The second kappa shape index (κ2) is 9.90. The van der Waals surface area contributed by atoms with E-state index >= 15 is 0 Å². The zero-order valence-corrected chi connectivity index (χ0v) is 16.3. The highest BCUT2D eigenvalue weighted by atomic mass is 19.4. The summed E-state index contributed by atoms with van der Waals surface area (Å²) < 4.78 is 58.3. The number of nitrogens with zero attached hydrogens (tertiary/aromatic N) is 2. The lowest BCUT2D eigenvalue weighted by atomic mass is 10.0. The average molecular weight is 425 g/mol. The second-order valence-electron chi connectivity index (χ2n) is 7.00. The molecule has 9 heteroatoms. The van der Waals surface area contributed by atoms with E-state index in [0.717, 1.165) is 6.07 Å². The normalized spacial score (nSPS) is 15.7. The van der Waals surface area contributed by atoms with Crippen LogP contribution in [-0.4, -0.2) is 55.3 Å². The van der Waals surface area contributed by atoms with E-state index in [1.54, 1.807) is 30.3 Å². The first-order valence-corrected chi connectivity index (χ1v) is 9.60. The van der Waals surface area contributed by atoms with Gasteiger partial charge in [0.15, 0.2) is 0 Å². The summed E-state index contributed by atoms with van der Waals surface area (Å²) in [4.78, 5) is 15.8. The van der Waals surface area contributed by atoms with Gasteiger partial charge in [0.1, 0.15) is 12.4 Å². The Bertz CT molecular complexity index is 838. The summed E-state index contributed by atoms with van der Waals surface area (Å²) in [5.41, 5.74) is -0.672. The Balaban J connectivity index is 1.67. The molecule has 0 atom stereocenters. The Morgan fingerprint density at radius 3 is 2.30 bits per heavy atom. The lowest BCUT2D eigenvalue weighted by Crippen LogP contribution is -2.46. The number of piperazine rings is 1. The maximum atomic E-state index is 13.6. The van der Waals surface area contributed by atoms with Gasteiger partial charge >= 0.3 is 12.3 Å². The number of benzene rings is 2. The molecular weight excluding hydrogens is 402 g/mol. The summed E-state index contributed by atoms with van der Waals surface area (Å²) in [5, 5.41) is 2.34. The molecule has 30 heavy (non-hydrogen) atoms. The fraction of sp³-hybridized carbons (Fsp3) is 0.381. The first-order chi connectivity index (χ1) is 14.3. The van der Waals surface area contributed by atoms with Crippen LogP contribution in [0.2, 0.25) is 0 Å². The number of alkyl halides is 4. The van der Waals surface area contributed by atoms with E-state index in [9.17, 15) is 22.4 Å². The molecule has 1 amide bonds. The number of hydrogen-bond acceptors (Lipinski definition) is 4. The maximum Gasteiger partial charge on any atom is 0.417 e. The van der Waals surface area contributed by atoms with Gasteiger partial charge in [-0.2, -0.15) is 13.2 Å². The fourth-order valence-electron chi connectivity index (χ4n) is 3.33. The van der Waals surface area contributed by atoms with E-state index in [-0.39, 0.29) is 23.5 Å². The third-order valence-corrected chi connectivity index (χ3v) is 4.88. The SMILES string of the molecule is O=C(Nc1ccc(CN2CCN(CCF)CC2)c(C(F)(F)F)c1)Oc1ccccc1. The summed E-state index contributed by atoms with van der Waals surface area (Å²) >= 11 is 0. The molecule has 0 aliphatic carbocycles. The molecule has 1 N–H and O–H groups in total. The number of hydrogen-bond donors (Lipinski definition) is 1. The first kappa shape index (κ1) is 22.0. The Morgan fingerprint density at radius 1 is 1.00 bits per heavy atom. The van der Waals surface area contributed by atoms with Gasteiger partial charge in [-0.1, -0.05) is 24.3 Å². The minimum Gasteiger partial charge on any atom is -0.410 e. The molecule has 0 bridgehead atoms. The smallest absolute Gasteiger partial charge is 0.410 e. The van der Waals surface area contributed by atoms with E-state index in [2.05, 4.69) is 5.32 Å². The topological polar surface area (TPSA) is 44.8 Å². The molecule has 162 valence electrons. The molecule has 0 spiro atoms. The van der Waals surface area contributed by atoms with Gasteiger partial charge in [0.25, 0.3) is 0 Å². The Morgan fingerprint density at radius 2 is 1.67 bits per heavy atom. The lowest BCUT2D eigenvalue weighted by molar-refractivity contribution is -0.138. The van der Waals surface area contributed by atoms with Gasteiger partial charge in [-0.15, -0.1) is 0 Å². The van der Waals surface area contributed by atoms with Crippen molar-refractivity contribution in [2.75, 3.05) is 44.7 Å². The quantitative estimate of drug-likeness (QED) is 0.697. The van der Waals surface area contributed by atoms with Crippen molar-refractivity contribution in [3.63, 3.8) is 0 Å². The fourth-order valence-corrected chi connectivity index (χ4v) is 3.33. The van der Waals surface area contributed by atoms with Crippen molar-refractivity contribution < 1.29 is 27.1 Å². The summed E-state index contributed by atoms with van der Waals surface area (Å²) in [5.74, 6) is 0.287. The number of anilines is 1. The van der Waals surface area contributed by atoms with Crippen LogP contribution >= 0.6 is 0 Å². The van der Waals surface area contributed by atoms with Crippen molar-refractivity contribution in [1.29, 1.82) is 0 Å². The number of rotatable bonds is 6. The van der Waals surface area contributed by atoms with Gasteiger partial charge in [0.05, 0.1) is 5.56 Å². The summed E-state index contributed by atoms with van der Waals surface area (Å²) in [6.07, 6.45) is -5.43. The monoisotopic (exact) mass is 425 g/mol. The molecule has 2 aromatic carbocycles. The van der Waals surface area contributed by atoms with Gasteiger partial charge in [-0.25, -0.2) is 9.18 Å². The second-order valence-corrected chi connectivity index (χ2v) is 7.00. The first-order valence-electron chi connectivity index (χ1n) is 9.60. The van der Waals surface area contributed by atoms with E-state index in [1.807, 2.05) is 9.80 Å². The largest absolute Gasteiger partial charge is 0.417 e. The molecule has 1 heterocycles. The number of nitrogens with one attached hydrogen (secondary N) is 1. The van der Waals surface area contributed by atoms with Crippen LogP contribution in [0.1, 0.15) is 11.1 Å². The van der Waals surface area contributed by atoms with Crippen LogP contribution in [0.5, 0.6) is 5.75 Å². The summed E-state index contributed by atoms with van der Waals surface area (Å²) in [6.45, 7) is 2.43. The molecule has 2 aromatic rings. The van der Waals surface area contributed by atoms with Gasteiger partial charge in [0, 0.05) is 45.0 Å². The Labute approximate surface area is 172 Å². The minimum atomic E-state index is -4.56. The summed E-state index contributed by atoms with van der Waals surface area (Å²) in [7, 11) is 0. The molecule has 1 saturated heterocycles. The third kappa shape index (κ3) is 6.17. The van der Waals surface area contributed by atoms with E-state index in [1.165, 1.54) is 12.1 Å². The van der Waals surface area contributed by atoms with Gasteiger partial charge in [-0.05, 0) is 29.8 Å². The Kier molecular flexibility index (Phi) is 7.28. The van der Waals surface area contributed by atoms with E-state index in [4.69, 9.17) is 4.74 Å². The number of halogens is 4. The van der Waals surface area contributed by atoms with Crippen LogP contribution in [0.3, 0.4) is 0 Å². The average Bonchev–Trinajstić information content (AvgIpc) is 2.71. The molecule has 1 fully saturated rings. The van der Waals surface area contributed by atoms with Gasteiger partial charge in [0.2, 0.25) is 0 Å². The molecule has 5 nitrogen and oxygen atoms in total. The Hall–Kier alpha value is -2.65. The highest BCUT2D eigenvalue weighted by molar-refractivity contribution is 5.86. The zero-order chi connectivity index (χ0) is 21.6. The van der Waals surface area contributed by atoms with Crippen LogP contribution in [0.25, 0.3) is 0 Å². The molecule has 0 saturated carbocycles.